The van der Waals surface area contributed by atoms with Crippen LogP contribution in [0.1, 0.15) is 13.3 Å². The maximum atomic E-state index is 12.9. The van der Waals surface area contributed by atoms with Gasteiger partial charge in [0.2, 0.25) is 0 Å². The van der Waals surface area contributed by atoms with Gasteiger partial charge in [-0.05, 0) is 66.4 Å². The number of amides is 1. The largest absolute Gasteiger partial charge is 0.480 e. The Bertz CT molecular complexity index is 1400. The normalized spacial score (nSPS) is 12.2. The van der Waals surface area contributed by atoms with E-state index in [0.717, 1.165) is 10.8 Å². The molecule has 0 fully saturated rings. The standard InChI is InChI=1S/C26H23ClN2O4S/c1-2-24(33-25-9-5-7-18-6-3-4-8-23(18)25)26(30)28-20-14-16-22(17-15-20)34(31,32)29-21-12-10-19(27)11-13-21/h3-17,24,29H,2H2,1H3,(H,28,30)/t24-/m0/s1. The summed E-state index contributed by atoms with van der Waals surface area (Å²) in [5.41, 5.74) is 0.869. The molecule has 8 heteroatoms. The molecule has 0 unspecified atom stereocenters. The fourth-order valence-electron chi connectivity index (χ4n) is 3.45. The van der Waals surface area contributed by atoms with Gasteiger partial charge in [-0.1, -0.05) is 54.9 Å². The molecule has 0 aliphatic carbocycles. The van der Waals surface area contributed by atoms with Crippen LogP contribution in [-0.4, -0.2) is 20.4 Å². The number of anilines is 2. The third kappa shape index (κ3) is 5.50. The number of ether oxygens (including phenoxy) is 1. The van der Waals surface area contributed by atoms with Gasteiger partial charge in [0.05, 0.1) is 4.90 Å². The number of rotatable bonds is 8. The number of carbonyl (C=O) groups is 1. The number of hydrogen-bond acceptors (Lipinski definition) is 4. The minimum atomic E-state index is -3.78. The fourth-order valence-corrected chi connectivity index (χ4v) is 4.63. The van der Waals surface area contributed by atoms with Gasteiger partial charge < -0.3 is 10.1 Å². The molecule has 0 aromatic heterocycles. The van der Waals surface area contributed by atoms with Crippen molar-refractivity contribution >= 4 is 49.7 Å². The van der Waals surface area contributed by atoms with Crippen LogP contribution in [0.5, 0.6) is 5.75 Å². The molecule has 0 heterocycles. The third-order valence-corrected chi connectivity index (χ3v) is 6.86. The quantitative estimate of drug-likeness (QED) is 0.310. The van der Waals surface area contributed by atoms with Gasteiger partial charge in [-0.2, -0.15) is 0 Å². The van der Waals surface area contributed by atoms with E-state index >= 15 is 0 Å². The molecule has 174 valence electrons. The molecule has 6 nitrogen and oxygen atoms in total. The first-order chi connectivity index (χ1) is 16.4. The van der Waals surface area contributed by atoms with Crippen LogP contribution in [0, 0.1) is 0 Å². The first kappa shape index (κ1) is 23.6. The predicted octanol–water partition coefficient (Wildman–Crippen LogP) is 6.09. The smallest absolute Gasteiger partial charge is 0.265 e. The van der Waals surface area contributed by atoms with Crippen LogP contribution in [0.3, 0.4) is 0 Å². The molecule has 0 aliphatic rings. The summed E-state index contributed by atoms with van der Waals surface area (Å²) in [4.78, 5) is 12.9. The Morgan fingerprint density at radius 1 is 0.882 bits per heavy atom. The van der Waals surface area contributed by atoms with Crippen molar-refractivity contribution in [1.82, 2.24) is 0 Å². The van der Waals surface area contributed by atoms with Crippen molar-refractivity contribution in [3.63, 3.8) is 0 Å². The predicted molar refractivity (Wildman–Crippen MR) is 136 cm³/mol. The zero-order valence-electron chi connectivity index (χ0n) is 18.4. The van der Waals surface area contributed by atoms with Crippen molar-refractivity contribution in [2.45, 2.75) is 24.3 Å². The fraction of sp³-hybridized carbons (Fsp3) is 0.115. The Balaban J connectivity index is 1.44. The van der Waals surface area contributed by atoms with Gasteiger partial charge >= 0.3 is 0 Å². The van der Waals surface area contributed by atoms with E-state index in [1.54, 1.807) is 36.4 Å². The summed E-state index contributed by atoms with van der Waals surface area (Å²) in [5, 5.41) is 5.27. The minimum absolute atomic E-state index is 0.0690. The summed E-state index contributed by atoms with van der Waals surface area (Å²) < 4.78 is 33.8. The van der Waals surface area contributed by atoms with Crippen LogP contribution >= 0.6 is 11.6 Å². The molecule has 34 heavy (non-hydrogen) atoms. The maximum Gasteiger partial charge on any atom is 0.265 e. The average Bonchev–Trinajstić information content (AvgIpc) is 2.84. The van der Waals surface area contributed by atoms with E-state index in [2.05, 4.69) is 10.0 Å². The summed E-state index contributed by atoms with van der Waals surface area (Å²) in [7, 11) is -3.78. The van der Waals surface area contributed by atoms with Crippen molar-refractivity contribution in [2.24, 2.45) is 0 Å². The molecule has 0 bridgehead atoms. The van der Waals surface area contributed by atoms with Crippen molar-refractivity contribution in [3.05, 3.63) is 96.0 Å². The second-order valence-corrected chi connectivity index (χ2v) is 9.74. The summed E-state index contributed by atoms with van der Waals surface area (Å²) in [6.07, 6.45) is -0.243. The highest BCUT2D eigenvalue weighted by Crippen LogP contribution is 2.27. The molecule has 4 aromatic carbocycles. The lowest BCUT2D eigenvalue weighted by Gasteiger charge is -2.18. The Labute approximate surface area is 203 Å². The second kappa shape index (κ2) is 10.2. The Kier molecular flexibility index (Phi) is 7.05. The lowest BCUT2D eigenvalue weighted by molar-refractivity contribution is -0.122. The summed E-state index contributed by atoms with van der Waals surface area (Å²) in [6.45, 7) is 1.87. The Hall–Kier alpha value is -3.55. The van der Waals surface area contributed by atoms with Crippen LogP contribution in [0.25, 0.3) is 10.8 Å². The zero-order chi connectivity index (χ0) is 24.1. The number of sulfonamides is 1. The average molecular weight is 495 g/mol. The molecule has 1 amide bonds. The number of halogens is 1. The number of fused-ring (bicyclic) bond motifs is 1. The van der Waals surface area contributed by atoms with Crippen LogP contribution < -0.4 is 14.8 Å². The summed E-state index contributed by atoms with van der Waals surface area (Å²) in [6, 6.07) is 25.8. The van der Waals surface area contributed by atoms with E-state index in [1.807, 2.05) is 49.4 Å². The van der Waals surface area contributed by atoms with Crippen LogP contribution in [0.2, 0.25) is 5.02 Å². The van der Waals surface area contributed by atoms with Gasteiger partial charge in [-0.25, -0.2) is 8.42 Å². The van der Waals surface area contributed by atoms with E-state index in [0.29, 0.717) is 28.6 Å². The number of hydrogen-bond donors (Lipinski definition) is 2. The molecule has 0 saturated heterocycles. The van der Waals surface area contributed by atoms with Gasteiger partial charge in [0.25, 0.3) is 15.9 Å². The number of benzene rings is 4. The van der Waals surface area contributed by atoms with E-state index in [4.69, 9.17) is 16.3 Å². The molecule has 0 aliphatic heterocycles. The number of carbonyl (C=O) groups excluding carboxylic acids is 1. The van der Waals surface area contributed by atoms with Crippen molar-refractivity contribution < 1.29 is 17.9 Å². The zero-order valence-corrected chi connectivity index (χ0v) is 19.9. The molecule has 1 atom stereocenters. The van der Waals surface area contributed by atoms with Crippen molar-refractivity contribution in [3.8, 4) is 5.75 Å². The molecule has 0 radical (unpaired) electrons. The van der Waals surface area contributed by atoms with E-state index < -0.39 is 16.1 Å². The molecular weight excluding hydrogens is 472 g/mol. The van der Waals surface area contributed by atoms with Crippen LogP contribution in [0.15, 0.2) is 95.9 Å². The van der Waals surface area contributed by atoms with Crippen LogP contribution in [0.4, 0.5) is 11.4 Å². The van der Waals surface area contributed by atoms with E-state index in [1.165, 1.54) is 12.1 Å². The highest BCUT2D eigenvalue weighted by atomic mass is 35.5. The highest BCUT2D eigenvalue weighted by Gasteiger charge is 2.20. The third-order valence-electron chi connectivity index (χ3n) is 5.21. The molecule has 2 N–H and O–H groups in total. The topological polar surface area (TPSA) is 84.5 Å². The summed E-state index contributed by atoms with van der Waals surface area (Å²) in [5.74, 6) is 0.320. The molecular formula is C26H23ClN2O4S. The lowest BCUT2D eigenvalue weighted by atomic mass is 10.1. The van der Waals surface area contributed by atoms with Crippen LogP contribution in [-0.2, 0) is 14.8 Å². The second-order valence-electron chi connectivity index (χ2n) is 7.62. The van der Waals surface area contributed by atoms with Crippen molar-refractivity contribution in [2.75, 3.05) is 10.0 Å². The lowest BCUT2D eigenvalue weighted by Crippen LogP contribution is -2.32. The molecule has 4 rings (SSSR count). The van der Waals surface area contributed by atoms with Crippen molar-refractivity contribution in [1.29, 1.82) is 0 Å². The summed E-state index contributed by atoms with van der Waals surface area (Å²) >= 11 is 5.84. The van der Waals surface area contributed by atoms with Gasteiger partial charge in [-0.3, -0.25) is 9.52 Å². The highest BCUT2D eigenvalue weighted by molar-refractivity contribution is 7.92. The Morgan fingerprint density at radius 3 is 2.24 bits per heavy atom. The van der Waals surface area contributed by atoms with E-state index in [9.17, 15) is 13.2 Å². The van der Waals surface area contributed by atoms with E-state index in [-0.39, 0.29) is 10.8 Å². The van der Waals surface area contributed by atoms with Gasteiger partial charge in [-0.15, -0.1) is 0 Å². The molecule has 0 saturated carbocycles. The van der Waals surface area contributed by atoms with Gasteiger partial charge in [0.1, 0.15) is 5.75 Å². The Morgan fingerprint density at radius 2 is 1.53 bits per heavy atom. The minimum Gasteiger partial charge on any atom is -0.480 e. The first-order valence-corrected chi connectivity index (χ1v) is 12.6. The molecule has 0 spiro atoms. The maximum absolute atomic E-state index is 12.9. The SMILES string of the molecule is CC[C@H](Oc1cccc2ccccc12)C(=O)Nc1ccc(S(=O)(=O)Nc2ccc(Cl)cc2)cc1. The van der Waals surface area contributed by atoms with Gasteiger partial charge in [0.15, 0.2) is 6.10 Å². The monoisotopic (exact) mass is 494 g/mol. The first-order valence-electron chi connectivity index (χ1n) is 10.7. The van der Waals surface area contributed by atoms with Gasteiger partial charge in [0, 0.05) is 21.8 Å². The number of nitrogens with one attached hydrogen (secondary N) is 2. The molecule has 4 aromatic rings.